The predicted octanol–water partition coefficient (Wildman–Crippen LogP) is 2.86. The molecule has 0 spiro atoms. The number of hydrogen-bond acceptors (Lipinski definition) is 6. The van der Waals surface area contributed by atoms with Gasteiger partial charge in [0.25, 0.3) is 5.91 Å². The third-order valence-corrected chi connectivity index (χ3v) is 3.37. The number of benzene rings is 2. The summed E-state index contributed by atoms with van der Waals surface area (Å²) in [5, 5.41) is 10.1. The molecule has 0 radical (unpaired) electrons. The molecule has 3 aromatic rings. The molecule has 0 unspecified atom stereocenters. The number of carbonyl (C=O) groups is 1. The molecule has 1 N–H and O–H groups in total. The van der Waals surface area contributed by atoms with Gasteiger partial charge in [0.2, 0.25) is 12.7 Å². The Morgan fingerprint density at radius 2 is 1.83 bits per heavy atom. The van der Waals surface area contributed by atoms with E-state index in [1.54, 1.807) is 18.2 Å². The Kier molecular flexibility index (Phi) is 3.34. The molecular formula is C16H10FN3O4. The Morgan fingerprint density at radius 1 is 1.04 bits per heavy atom. The number of aromatic nitrogens is 2. The third-order valence-electron chi connectivity index (χ3n) is 3.37. The molecule has 0 atom stereocenters. The van der Waals surface area contributed by atoms with Crippen molar-refractivity contribution in [1.29, 1.82) is 0 Å². The lowest BCUT2D eigenvalue weighted by Crippen LogP contribution is -2.12. The fraction of sp³-hybridized carbons (Fsp3) is 0.0625. The molecule has 8 heteroatoms. The van der Waals surface area contributed by atoms with Gasteiger partial charge in [-0.05, 0) is 42.5 Å². The molecule has 0 saturated carbocycles. The summed E-state index contributed by atoms with van der Waals surface area (Å²) in [7, 11) is 0. The van der Waals surface area contributed by atoms with Gasteiger partial charge in [0, 0.05) is 11.1 Å². The summed E-state index contributed by atoms with van der Waals surface area (Å²) in [6.45, 7) is 0.130. The van der Waals surface area contributed by atoms with E-state index in [-0.39, 0.29) is 24.5 Å². The number of anilines is 1. The monoisotopic (exact) mass is 327 g/mol. The largest absolute Gasteiger partial charge is 0.454 e. The van der Waals surface area contributed by atoms with Gasteiger partial charge >= 0.3 is 6.01 Å². The van der Waals surface area contributed by atoms with Crippen LogP contribution in [-0.4, -0.2) is 22.9 Å². The van der Waals surface area contributed by atoms with Crippen LogP contribution in [0, 0.1) is 5.82 Å². The quantitative estimate of drug-likeness (QED) is 0.796. The second-order valence-corrected chi connectivity index (χ2v) is 4.94. The molecule has 7 nitrogen and oxygen atoms in total. The van der Waals surface area contributed by atoms with Crippen LogP contribution >= 0.6 is 0 Å². The third kappa shape index (κ3) is 2.65. The maximum Gasteiger partial charge on any atom is 0.322 e. The molecule has 2 heterocycles. The minimum Gasteiger partial charge on any atom is -0.454 e. The number of carbonyl (C=O) groups excluding carboxylic acids is 1. The zero-order chi connectivity index (χ0) is 16.5. The lowest BCUT2D eigenvalue weighted by atomic mass is 10.2. The van der Waals surface area contributed by atoms with Crippen molar-refractivity contribution in [2.45, 2.75) is 0 Å². The summed E-state index contributed by atoms with van der Waals surface area (Å²) in [6, 6.07) is 10.3. The van der Waals surface area contributed by atoms with E-state index in [4.69, 9.17) is 13.9 Å². The number of hydrogen-bond donors (Lipinski definition) is 1. The number of fused-ring (bicyclic) bond motifs is 1. The highest BCUT2D eigenvalue weighted by atomic mass is 19.1. The molecule has 1 aliphatic rings. The maximum absolute atomic E-state index is 12.9. The van der Waals surface area contributed by atoms with E-state index in [1.165, 1.54) is 24.3 Å². The summed E-state index contributed by atoms with van der Waals surface area (Å²) in [5.41, 5.74) is 0.910. The van der Waals surface area contributed by atoms with Crippen LogP contribution in [0.3, 0.4) is 0 Å². The Morgan fingerprint density at radius 3 is 2.67 bits per heavy atom. The van der Waals surface area contributed by atoms with Crippen molar-refractivity contribution in [3.63, 3.8) is 0 Å². The van der Waals surface area contributed by atoms with Crippen LogP contribution in [-0.2, 0) is 0 Å². The van der Waals surface area contributed by atoms with E-state index in [2.05, 4.69) is 15.5 Å². The van der Waals surface area contributed by atoms with Crippen LogP contribution in [0.5, 0.6) is 11.5 Å². The number of amides is 1. The predicted molar refractivity (Wildman–Crippen MR) is 80.2 cm³/mol. The highest BCUT2D eigenvalue weighted by Gasteiger charge is 2.18. The Bertz CT molecular complexity index is 908. The fourth-order valence-electron chi connectivity index (χ4n) is 2.19. The van der Waals surface area contributed by atoms with Gasteiger partial charge in [-0.15, -0.1) is 5.10 Å². The van der Waals surface area contributed by atoms with Gasteiger partial charge in [-0.1, -0.05) is 5.10 Å². The molecule has 0 bridgehead atoms. The first-order valence-corrected chi connectivity index (χ1v) is 6.99. The van der Waals surface area contributed by atoms with Crippen LogP contribution in [0.1, 0.15) is 10.4 Å². The molecule has 2 aromatic carbocycles. The number of nitrogens with one attached hydrogen (secondary N) is 1. The summed E-state index contributed by atoms with van der Waals surface area (Å²) in [5.74, 6) is 0.469. The van der Waals surface area contributed by atoms with Crippen LogP contribution < -0.4 is 14.8 Å². The van der Waals surface area contributed by atoms with Crippen molar-refractivity contribution in [3.8, 4) is 23.0 Å². The van der Waals surface area contributed by atoms with E-state index in [1.807, 2.05) is 0 Å². The standard InChI is InChI=1S/C16H10FN3O4/c17-11-4-1-9(2-5-11)15-19-20-16(24-15)18-14(21)10-3-6-12-13(7-10)23-8-22-12/h1-7H,8H2,(H,18,20,21). The molecule has 0 fully saturated rings. The highest BCUT2D eigenvalue weighted by Crippen LogP contribution is 2.32. The summed E-state index contributed by atoms with van der Waals surface area (Å²) < 4.78 is 28.7. The van der Waals surface area contributed by atoms with Gasteiger partial charge in [-0.25, -0.2) is 4.39 Å². The van der Waals surface area contributed by atoms with Crippen molar-refractivity contribution in [1.82, 2.24) is 10.2 Å². The van der Waals surface area contributed by atoms with Crippen molar-refractivity contribution in [2.24, 2.45) is 0 Å². The van der Waals surface area contributed by atoms with Crippen LogP contribution in [0.15, 0.2) is 46.9 Å². The van der Waals surface area contributed by atoms with Gasteiger partial charge < -0.3 is 13.9 Å². The number of nitrogens with zero attached hydrogens (tertiary/aromatic N) is 2. The van der Waals surface area contributed by atoms with Gasteiger partial charge in [0.05, 0.1) is 0 Å². The first kappa shape index (κ1) is 14.2. The molecule has 24 heavy (non-hydrogen) atoms. The van der Waals surface area contributed by atoms with Crippen molar-refractivity contribution >= 4 is 11.9 Å². The topological polar surface area (TPSA) is 86.5 Å². The highest BCUT2D eigenvalue weighted by molar-refractivity contribution is 6.03. The van der Waals surface area contributed by atoms with Crippen LogP contribution in [0.25, 0.3) is 11.5 Å². The van der Waals surface area contributed by atoms with Gasteiger partial charge in [-0.3, -0.25) is 10.1 Å². The number of halogens is 1. The van der Waals surface area contributed by atoms with E-state index < -0.39 is 5.91 Å². The minimum atomic E-state index is -0.428. The number of rotatable bonds is 3. The molecule has 1 amide bonds. The Hall–Kier alpha value is -3.42. The summed E-state index contributed by atoms with van der Waals surface area (Å²) in [4.78, 5) is 12.2. The van der Waals surface area contributed by atoms with Crippen LogP contribution in [0.2, 0.25) is 0 Å². The second kappa shape index (κ2) is 5.65. The van der Waals surface area contributed by atoms with Crippen molar-refractivity contribution < 1.29 is 23.1 Å². The van der Waals surface area contributed by atoms with Crippen molar-refractivity contribution in [2.75, 3.05) is 12.1 Å². The molecule has 4 rings (SSSR count). The van der Waals surface area contributed by atoms with Crippen molar-refractivity contribution in [3.05, 3.63) is 53.8 Å². The zero-order valence-electron chi connectivity index (χ0n) is 12.2. The van der Waals surface area contributed by atoms with E-state index in [9.17, 15) is 9.18 Å². The molecule has 1 aromatic heterocycles. The van der Waals surface area contributed by atoms with E-state index in [0.29, 0.717) is 22.6 Å². The molecule has 0 saturated heterocycles. The van der Waals surface area contributed by atoms with E-state index >= 15 is 0 Å². The Balaban J connectivity index is 1.51. The summed E-state index contributed by atoms with van der Waals surface area (Å²) >= 11 is 0. The number of ether oxygens (including phenoxy) is 2. The summed E-state index contributed by atoms with van der Waals surface area (Å²) in [6.07, 6.45) is 0. The van der Waals surface area contributed by atoms with Crippen LogP contribution in [0.4, 0.5) is 10.4 Å². The molecule has 0 aliphatic carbocycles. The first-order valence-electron chi connectivity index (χ1n) is 6.99. The van der Waals surface area contributed by atoms with E-state index in [0.717, 1.165) is 0 Å². The average Bonchev–Trinajstić information content (AvgIpc) is 3.24. The lowest BCUT2D eigenvalue weighted by molar-refractivity contribution is 0.102. The first-order chi connectivity index (χ1) is 11.7. The second-order valence-electron chi connectivity index (χ2n) is 4.94. The molecule has 1 aliphatic heterocycles. The Labute approximate surface area is 135 Å². The zero-order valence-corrected chi connectivity index (χ0v) is 12.2. The fourth-order valence-corrected chi connectivity index (χ4v) is 2.19. The van der Waals surface area contributed by atoms with Gasteiger partial charge in [0.1, 0.15) is 5.82 Å². The smallest absolute Gasteiger partial charge is 0.322 e. The van der Waals surface area contributed by atoms with Gasteiger partial charge in [-0.2, -0.15) is 0 Å². The van der Waals surface area contributed by atoms with Gasteiger partial charge in [0.15, 0.2) is 11.5 Å². The minimum absolute atomic E-state index is 0.0583. The maximum atomic E-state index is 12.9. The SMILES string of the molecule is O=C(Nc1nnc(-c2ccc(F)cc2)o1)c1ccc2c(c1)OCO2. The normalized spacial score (nSPS) is 12.2. The lowest BCUT2D eigenvalue weighted by Gasteiger charge is -2.02. The molecule has 120 valence electrons. The average molecular weight is 327 g/mol. The molecular weight excluding hydrogens is 317 g/mol.